The molecular formula is C26H42O4. The van der Waals surface area contributed by atoms with Crippen molar-refractivity contribution in [3.63, 3.8) is 0 Å². The second kappa shape index (κ2) is 8.22. The minimum Gasteiger partial charge on any atom is -0.466 e. The van der Waals surface area contributed by atoms with Crippen molar-refractivity contribution in [2.24, 2.45) is 46.3 Å². The van der Waals surface area contributed by atoms with E-state index in [9.17, 15) is 14.7 Å². The van der Waals surface area contributed by atoms with E-state index in [0.29, 0.717) is 54.8 Å². The van der Waals surface area contributed by atoms with Gasteiger partial charge in [-0.25, -0.2) is 0 Å². The Labute approximate surface area is 182 Å². The van der Waals surface area contributed by atoms with Crippen LogP contribution in [0, 0.1) is 46.3 Å². The summed E-state index contributed by atoms with van der Waals surface area (Å²) in [6.45, 7) is 9.52. The highest BCUT2D eigenvalue weighted by Crippen LogP contribution is 2.67. The third-order valence-electron chi connectivity index (χ3n) is 10.3. The smallest absolute Gasteiger partial charge is 0.305 e. The van der Waals surface area contributed by atoms with E-state index in [4.69, 9.17) is 4.74 Å². The van der Waals surface area contributed by atoms with Crippen LogP contribution < -0.4 is 0 Å². The Kier molecular flexibility index (Phi) is 6.11. The molecular weight excluding hydrogens is 376 g/mol. The Balaban J connectivity index is 1.50. The van der Waals surface area contributed by atoms with Gasteiger partial charge in [-0.3, -0.25) is 9.59 Å². The quantitative estimate of drug-likeness (QED) is 0.626. The zero-order chi connectivity index (χ0) is 21.7. The number of esters is 1. The average molecular weight is 419 g/mol. The standard InChI is InChI=1S/C26H42O4/c1-5-30-23(29)9-6-16(2)19-7-8-20-24-21(11-13-26(19,20)4)25(3)12-10-18(27)14-17(25)15-22(24)28/h16-21,24,27H,5-15H2,1-4H3/t16-,17+,18-,19-,20+,21+,24+,25+,26-/m1/s1. The maximum Gasteiger partial charge on any atom is 0.305 e. The molecule has 1 N–H and O–H groups in total. The number of Topliss-reactive ketones (excluding diaryl/α,β-unsaturated/α-hetero) is 1. The molecule has 0 aliphatic heterocycles. The molecule has 0 aromatic carbocycles. The number of hydrogen-bond acceptors (Lipinski definition) is 4. The molecule has 0 spiro atoms. The Morgan fingerprint density at radius 1 is 1.13 bits per heavy atom. The zero-order valence-corrected chi connectivity index (χ0v) is 19.5. The molecule has 0 radical (unpaired) electrons. The molecule has 4 aliphatic rings. The van der Waals surface area contributed by atoms with Crippen molar-refractivity contribution in [2.75, 3.05) is 6.61 Å². The second-order valence-electron chi connectivity index (χ2n) is 11.6. The molecule has 0 heterocycles. The van der Waals surface area contributed by atoms with Crippen LogP contribution in [-0.4, -0.2) is 29.6 Å². The Hall–Kier alpha value is -0.900. The molecule has 4 saturated carbocycles. The summed E-state index contributed by atoms with van der Waals surface area (Å²) in [5, 5.41) is 10.2. The minimum absolute atomic E-state index is 0.0753. The van der Waals surface area contributed by atoms with E-state index >= 15 is 0 Å². The highest BCUT2D eigenvalue weighted by Gasteiger charge is 2.62. The average Bonchev–Trinajstić information content (AvgIpc) is 3.05. The zero-order valence-electron chi connectivity index (χ0n) is 19.5. The van der Waals surface area contributed by atoms with Crippen LogP contribution in [0.4, 0.5) is 0 Å². The largest absolute Gasteiger partial charge is 0.466 e. The summed E-state index contributed by atoms with van der Waals surface area (Å²) in [4.78, 5) is 25.3. The number of fused-ring (bicyclic) bond motifs is 5. The summed E-state index contributed by atoms with van der Waals surface area (Å²) in [5.41, 5.74) is 0.453. The monoisotopic (exact) mass is 418 g/mol. The molecule has 0 saturated heterocycles. The van der Waals surface area contributed by atoms with Gasteiger partial charge in [0.05, 0.1) is 12.7 Å². The van der Waals surface area contributed by atoms with Crippen LogP contribution in [-0.2, 0) is 14.3 Å². The summed E-state index contributed by atoms with van der Waals surface area (Å²) < 4.78 is 5.14. The van der Waals surface area contributed by atoms with Crippen molar-refractivity contribution in [1.82, 2.24) is 0 Å². The molecule has 9 atom stereocenters. The maximum atomic E-state index is 13.4. The first-order valence-electron chi connectivity index (χ1n) is 12.6. The number of carbonyl (C=O) groups excluding carboxylic acids is 2. The first-order valence-corrected chi connectivity index (χ1v) is 12.6. The van der Waals surface area contributed by atoms with Gasteiger partial charge in [0.1, 0.15) is 5.78 Å². The van der Waals surface area contributed by atoms with Crippen LogP contribution in [0.1, 0.15) is 91.9 Å². The molecule has 4 nitrogen and oxygen atoms in total. The first-order chi connectivity index (χ1) is 14.2. The lowest BCUT2D eigenvalue weighted by atomic mass is 9.44. The van der Waals surface area contributed by atoms with E-state index in [1.807, 2.05) is 6.92 Å². The number of aliphatic hydroxyl groups is 1. The van der Waals surface area contributed by atoms with Crippen LogP contribution in [0.5, 0.6) is 0 Å². The fourth-order valence-corrected chi connectivity index (χ4v) is 8.66. The predicted octanol–water partition coefficient (Wildman–Crippen LogP) is 5.16. The van der Waals surface area contributed by atoms with Gasteiger partial charge in [-0.15, -0.1) is 0 Å². The molecule has 30 heavy (non-hydrogen) atoms. The lowest BCUT2D eigenvalue weighted by Crippen LogP contribution is -2.57. The summed E-state index contributed by atoms with van der Waals surface area (Å²) >= 11 is 0. The van der Waals surface area contributed by atoms with Crippen molar-refractivity contribution in [1.29, 1.82) is 0 Å². The normalized spacial score (nSPS) is 46.5. The first kappa shape index (κ1) is 22.3. The minimum atomic E-state index is -0.211. The van der Waals surface area contributed by atoms with Crippen LogP contribution in [0.15, 0.2) is 0 Å². The number of hydrogen-bond donors (Lipinski definition) is 1. The molecule has 4 rings (SSSR count). The molecule has 4 heteroatoms. The van der Waals surface area contributed by atoms with E-state index in [2.05, 4.69) is 20.8 Å². The van der Waals surface area contributed by atoms with E-state index in [1.165, 1.54) is 19.3 Å². The van der Waals surface area contributed by atoms with Crippen molar-refractivity contribution in [3.8, 4) is 0 Å². The van der Waals surface area contributed by atoms with Gasteiger partial charge >= 0.3 is 5.97 Å². The van der Waals surface area contributed by atoms with E-state index in [-0.39, 0.29) is 28.8 Å². The van der Waals surface area contributed by atoms with E-state index < -0.39 is 0 Å². The SMILES string of the molecule is CCOC(=O)CC[C@@H](C)[C@H]1CC[C@H]2[C@@H]3C(=O)C[C@@H]4C[C@H](O)CC[C@]4(C)[C@H]3CC[C@]12C. The van der Waals surface area contributed by atoms with Gasteiger partial charge in [-0.2, -0.15) is 0 Å². The molecule has 0 aromatic rings. The number of rotatable bonds is 5. The fraction of sp³-hybridized carbons (Fsp3) is 0.923. The van der Waals surface area contributed by atoms with Gasteiger partial charge in [0, 0.05) is 18.8 Å². The summed E-state index contributed by atoms with van der Waals surface area (Å²) in [6, 6.07) is 0. The van der Waals surface area contributed by atoms with Gasteiger partial charge in [-0.05, 0) is 98.7 Å². The molecule has 0 bridgehead atoms. The molecule has 4 aliphatic carbocycles. The van der Waals surface area contributed by atoms with Crippen LogP contribution >= 0.6 is 0 Å². The molecule has 0 amide bonds. The van der Waals surface area contributed by atoms with Crippen molar-refractivity contribution in [2.45, 2.75) is 98.0 Å². The van der Waals surface area contributed by atoms with Crippen LogP contribution in [0.25, 0.3) is 0 Å². The van der Waals surface area contributed by atoms with E-state index in [1.54, 1.807) is 0 Å². The number of aliphatic hydroxyl groups excluding tert-OH is 1. The molecule has 4 fully saturated rings. The van der Waals surface area contributed by atoms with Gasteiger partial charge in [0.25, 0.3) is 0 Å². The van der Waals surface area contributed by atoms with Gasteiger partial charge < -0.3 is 9.84 Å². The summed E-state index contributed by atoms with van der Waals surface area (Å²) in [7, 11) is 0. The number of carbonyl (C=O) groups is 2. The lowest BCUT2D eigenvalue weighted by Gasteiger charge is -2.60. The molecule has 0 unspecified atom stereocenters. The Morgan fingerprint density at radius 2 is 1.83 bits per heavy atom. The number of ketones is 1. The Bertz CT molecular complexity index is 674. The van der Waals surface area contributed by atoms with Crippen LogP contribution in [0.3, 0.4) is 0 Å². The van der Waals surface area contributed by atoms with Gasteiger partial charge in [-0.1, -0.05) is 20.8 Å². The third-order valence-corrected chi connectivity index (χ3v) is 10.3. The maximum absolute atomic E-state index is 13.4. The molecule has 170 valence electrons. The van der Waals surface area contributed by atoms with Crippen LogP contribution in [0.2, 0.25) is 0 Å². The Morgan fingerprint density at radius 3 is 2.57 bits per heavy atom. The van der Waals surface area contributed by atoms with Gasteiger partial charge in [0.2, 0.25) is 0 Å². The van der Waals surface area contributed by atoms with E-state index in [0.717, 1.165) is 32.1 Å². The van der Waals surface area contributed by atoms with Crippen molar-refractivity contribution in [3.05, 3.63) is 0 Å². The van der Waals surface area contributed by atoms with Crippen molar-refractivity contribution < 1.29 is 19.4 Å². The fourth-order valence-electron chi connectivity index (χ4n) is 8.66. The predicted molar refractivity (Wildman–Crippen MR) is 117 cm³/mol. The topological polar surface area (TPSA) is 63.6 Å². The summed E-state index contributed by atoms with van der Waals surface area (Å²) in [5.74, 6) is 3.12. The lowest BCUT2D eigenvalue weighted by molar-refractivity contribution is -0.160. The highest BCUT2D eigenvalue weighted by molar-refractivity contribution is 5.83. The molecule has 0 aromatic heterocycles. The second-order valence-corrected chi connectivity index (χ2v) is 11.6. The highest BCUT2D eigenvalue weighted by atomic mass is 16.5. The number of ether oxygens (including phenoxy) is 1. The van der Waals surface area contributed by atoms with Crippen molar-refractivity contribution >= 4 is 11.8 Å². The third kappa shape index (κ3) is 3.55. The van der Waals surface area contributed by atoms with Gasteiger partial charge in [0.15, 0.2) is 0 Å². The summed E-state index contributed by atoms with van der Waals surface area (Å²) in [6.07, 6.45) is 9.42.